The van der Waals surface area contributed by atoms with Crippen LogP contribution in [0.25, 0.3) is 33.5 Å². The number of hydrogen-bond donors (Lipinski definition) is 3. The standard InChI is InChI=1S/C30H30N10O/c1-3-32-15-22-16-33-17-24(19(22)2)20-6-7-25-23(13-20)27(38-37-25)28-35-18-26(36-28)30(41)40-11-9-39(10-12-40)29-21(14-31)5-4-8-34-29/h4-8,13,16-18,32H,3,9-12,15H2,1-2H3,(H,35,36)(H,37,38). The number of piperazine rings is 1. The molecule has 5 heterocycles. The van der Waals surface area contributed by atoms with E-state index in [2.05, 4.69) is 67.5 Å². The van der Waals surface area contributed by atoms with Crippen molar-refractivity contribution in [3.63, 3.8) is 0 Å². The third-order valence-electron chi connectivity index (χ3n) is 7.56. The number of anilines is 1. The fourth-order valence-corrected chi connectivity index (χ4v) is 5.24. The number of rotatable bonds is 7. The number of nitriles is 1. The molecule has 0 saturated carbocycles. The van der Waals surface area contributed by atoms with Crippen molar-refractivity contribution in [1.82, 2.24) is 40.3 Å². The molecule has 1 amide bonds. The Balaban J connectivity index is 1.21. The Kier molecular flexibility index (Phi) is 7.14. The Hall–Kier alpha value is -5.08. The van der Waals surface area contributed by atoms with Crippen LogP contribution < -0.4 is 10.2 Å². The summed E-state index contributed by atoms with van der Waals surface area (Å²) in [6, 6.07) is 11.9. The van der Waals surface area contributed by atoms with Crippen molar-refractivity contribution in [3.8, 4) is 28.7 Å². The van der Waals surface area contributed by atoms with Gasteiger partial charge in [0.2, 0.25) is 0 Å². The van der Waals surface area contributed by atoms with E-state index in [9.17, 15) is 10.1 Å². The van der Waals surface area contributed by atoms with E-state index in [-0.39, 0.29) is 5.91 Å². The van der Waals surface area contributed by atoms with Gasteiger partial charge in [-0.25, -0.2) is 9.97 Å². The molecule has 206 valence electrons. The highest BCUT2D eigenvalue weighted by atomic mass is 16.2. The van der Waals surface area contributed by atoms with E-state index in [4.69, 9.17) is 0 Å². The van der Waals surface area contributed by atoms with E-state index < -0.39 is 0 Å². The second-order valence-electron chi connectivity index (χ2n) is 10.00. The normalized spacial score (nSPS) is 13.5. The monoisotopic (exact) mass is 546 g/mol. The molecule has 0 bridgehead atoms. The molecule has 0 spiro atoms. The van der Waals surface area contributed by atoms with Crippen molar-refractivity contribution < 1.29 is 4.79 Å². The summed E-state index contributed by atoms with van der Waals surface area (Å²) in [5, 5.41) is 21.3. The smallest absolute Gasteiger partial charge is 0.272 e. The van der Waals surface area contributed by atoms with Gasteiger partial charge in [-0.2, -0.15) is 10.4 Å². The van der Waals surface area contributed by atoms with Crippen LogP contribution in [0.4, 0.5) is 5.82 Å². The third kappa shape index (κ3) is 5.01. The lowest BCUT2D eigenvalue weighted by Crippen LogP contribution is -2.49. The molecular weight excluding hydrogens is 516 g/mol. The Labute approximate surface area is 237 Å². The van der Waals surface area contributed by atoms with Crippen LogP contribution in [0.1, 0.15) is 34.1 Å². The number of carbonyl (C=O) groups is 1. The van der Waals surface area contributed by atoms with E-state index in [0.717, 1.165) is 40.7 Å². The van der Waals surface area contributed by atoms with Crippen molar-refractivity contribution in [3.05, 3.63) is 77.5 Å². The molecule has 1 aromatic carbocycles. The molecule has 11 heteroatoms. The molecule has 0 unspecified atom stereocenters. The highest BCUT2D eigenvalue weighted by molar-refractivity contribution is 5.96. The summed E-state index contributed by atoms with van der Waals surface area (Å²) >= 11 is 0. The zero-order chi connectivity index (χ0) is 28.3. The van der Waals surface area contributed by atoms with Gasteiger partial charge in [-0.15, -0.1) is 0 Å². The zero-order valence-corrected chi connectivity index (χ0v) is 23.0. The van der Waals surface area contributed by atoms with Crippen molar-refractivity contribution in [2.45, 2.75) is 20.4 Å². The van der Waals surface area contributed by atoms with Crippen LogP contribution in [0.5, 0.6) is 0 Å². The minimum Gasteiger partial charge on any atom is -0.352 e. The minimum atomic E-state index is -0.121. The molecule has 1 saturated heterocycles. The van der Waals surface area contributed by atoms with Crippen LogP contribution >= 0.6 is 0 Å². The van der Waals surface area contributed by atoms with Gasteiger partial charge in [0.05, 0.1) is 17.3 Å². The molecule has 0 aliphatic carbocycles. The minimum absolute atomic E-state index is 0.121. The van der Waals surface area contributed by atoms with Crippen molar-refractivity contribution in [2.24, 2.45) is 0 Å². The quantitative estimate of drug-likeness (QED) is 0.281. The molecule has 0 atom stereocenters. The molecule has 1 aliphatic rings. The predicted octanol–water partition coefficient (Wildman–Crippen LogP) is 3.66. The maximum Gasteiger partial charge on any atom is 0.272 e. The first-order valence-corrected chi connectivity index (χ1v) is 13.6. The molecule has 1 fully saturated rings. The zero-order valence-electron chi connectivity index (χ0n) is 23.0. The molecule has 1 aliphatic heterocycles. The number of benzene rings is 1. The van der Waals surface area contributed by atoms with Crippen molar-refractivity contribution >= 4 is 22.6 Å². The van der Waals surface area contributed by atoms with Crippen molar-refractivity contribution in [1.29, 1.82) is 5.26 Å². The van der Waals surface area contributed by atoms with Gasteiger partial charge in [-0.05, 0) is 54.4 Å². The number of nitrogens with one attached hydrogen (secondary N) is 3. The number of carbonyl (C=O) groups excluding carboxylic acids is 1. The van der Waals surface area contributed by atoms with Gasteiger partial charge in [-0.3, -0.25) is 14.9 Å². The number of imidazole rings is 1. The van der Waals surface area contributed by atoms with Crippen molar-refractivity contribution in [2.75, 3.05) is 37.6 Å². The predicted molar refractivity (Wildman–Crippen MR) is 156 cm³/mol. The summed E-state index contributed by atoms with van der Waals surface area (Å²) in [4.78, 5) is 33.7. The SMILES string of the molecule is CCNCc1cncc(-c2ccc3[nH]nc(-c4ncc(C(=O)N5CCN(c6ncccc6C#N)CC5)[nH]4)c3c2)c1C. The Morgan fingerprint density at radius 2 is 1.98 bits per heavy atom. The Morgan fingerprint density at radius 3 is 2.78 bits per heavy atom. The summed E-state index contributed by atoms with van der Waals surface area (Å²) < 4.78 is 0. The summed E-state index contributed by atoms with van der Waals surface area (Å²) in [7, 11) is 0. The van der Waals surface area contributed by atoms with E-state index in [1.54, 1.807) is 29.4 Å². The number of amides is 1. The average molecular weight is 547 g/mol. The number of pyridine rings is 2. The first-order chi connectivity index (χ1) is 20.1. The lowest BCUT2D eigenvalue weighted by Gasteiger charge is -2.35. The van der Waals surface area contributed by atoms with Crippen LogP contribution in [0.15, 0.2) is 55.1 Å². The van der Waals surface area contributed by atoms with Crippen LogP contribution in [0, 0.1) is 18.3 Å². The van der Waals surface area contributed by atoms with Gasteiger partial charge in [0, 0.05) is 62.3 Å². The van der Waals surface area contributed by atoms with Gasteiger partial charge in [0.1, 0.15) is 23.3 Å². The molecule has 11 nitrogen and oxygen atoms in total. The molecule has 6 rings (SSSR count). The van der Waals surface area contributed by atoms with Crippen LogP contribution in [-0.2, 0) is 6.54 Å². The molecule has 41 heavy (non-hydrogen) atoms. The molecule has 0 radical (unpaired) electrons. The Bertz CT molecular complexity index is 1760. The van der Waals surface area contributed by atoms with E-state index >= 15 is 0 Å². The van der Waals surface area contributed by atoms with E-state index in [0.29, 0.717) is 54.8 Å². The van der Waals surface area contributed by atoms with Gasteiger partial charge in [0.25, 0.3) is 5.91 Å². The second-order valence-corrected chi connectivity index (χ2v) is 10.00. The van der Waals surface area contributed by atoms with Crippen LogP contribution in [0.2, 0.25) is 0 Å². The van der Waals surface area contributed by atoms with Gasteiger partial charge in [0.15, 0.2) is 5.82 Å². The molecule has 3 N–H and O–H groups in total. The maximum atomic E-state index is 13.3. The summed E-state index contributed by atoms with van der Waals surface area (Å²) in [6.45, 7) is 8.09. The summed E-state index contributed by atoms with van der Waals surface area (Å²) in [6.07, 6.45) is 7.05. The number of fused-ring (bicyclic) bond motifs is 1. The van der Waals surface area contributed by atoms with Crippen LogP contribution in [0.3, 0.4) is 0 Å². The molecule has 5 aromatic rings. The average Bonchev–Trinajstić information content (AvgIpc) is 3.67. The molecular formula is C30H30N10O. The number of H-pyrrole nitrogens is 2. The van der Waals surface area contributed by atoms with Gasteiger partial charge >= 0.3 is 0 Å². The lowest BCUT2D eigenvalue weighted by molar-refractivity contribution is 0.0741. The fraction of sp³-hybridized carbons (Fsp3) is 0.267. The van der Waals surface area contributed by atoms with Gasteiger partial charge < -0.3 is 20.1 Å². The topological polar surface area (TPSA) is 143 Å². The number of hydrogen-bond acceptors (Lipinski definition) is 8. The van der Waals surface area contributed by atoms with E-state index in [1.165, 1.54) is 5.56 Å². The second kappa shape index (κ2) is 11.2. The highest BCUT2D eigenvalue weighted by Gasteiger charge is 2.26. The molecule has 4 aromatic heterocycles. The van der Waals surface area contributed by atoms with E-state index in [1.807, 2.05) is 23.4 Å². The fourth-order valence-electron chi connectivity index (χ4n) is 5.24. The third-order valence-corrected chi connectivity index (χ3v) is 7.56. The highest BCUT2D eigenvalue weighted by Crippen LogP contribution is 2.31. The van der Waals surface area contributed by atoms with Gasteiger partial charge in [-0.1, -0.05) is 13.0 Å². The first kappa shape index (κ1) is 26.2. The maximum absolute atomic E-state index is 13.3. The number of nitrogens with zero attached hydrogens (tertiary/aromatic N) is 7. The summed E-state index contributed by atoms with van der Waals surface area (Å²) in [5.74, 6) is 1.06. The summed E-state index contributed by atoms with van der Waals surface area (Å²) in [5.41, 5.74) is 6.93. The first-order valence-electron chi connectivity index (χ1n) is 13.6. The van der Waals surface area contributed by atoms with Crippen LogP contribution in [-0.4, -0.2) is 73.7 Å². The Morgan fingerprint density at radius 1 is 1.12 bits per heavy atom. The lowest BCUT2D eigenvalue weighted by atomic mass is 9.98. The largest absolute Gasteiger partial charge is 0.352 e. The number of aromatic nitrogens is 6. The number of aromatic amines is 2.